The molecule has 1 saturated heterocycles. The molecule has 1 unspecified atom stereocenters. The van der Waals surface area contributed by atoms with Crippen molar-refractivity contribution < 1.29 is 9.47 Å². The molecule has 0 amide bonds. The summed E-state index contributed by atoms with van der Waals surface area (Å²) >= 11 is 0. The van der Waals surface area contributed by atoms with Gasteiger partial charge in [0.2, 0.25) is 0 Å². The molecule has 0 radical (unpaired) electrons. The van der Waals surface area contributed by atoms with Crippen LogP contribution >= 0.6 is 0 Å². The van der Waals surface area contributed by atoms with E-state index in [-0.39, 0.29) is 0 Å². The van der Waals surface area contributed by atoms with Gasteiger partial charge in [-0.3, -0.25) is 0 Å². The Labute approximate surface area is 102 Å². The lowest BCUT2D eigenvalue weighted by atomic mass is 10.1. The summed E-state index contributed by atoms with van der Waals surface area (Å²) in [4.78, 5) is 2.27. The highest BCUT2D eigenvalue weighted by Gasteiger charge is 2.21. The first-order chi connectivity index (χ1) is 8.26. The molecule has 4 nitrogen and oxygen atoms in total. The zero-order valence-corrected chi connectivity index (χ0v) is 10.5. The van der Waals surface area contributed by atoms with E-state index in [9.17, 15) is 0 Å². The number of para-hydroxylation sites is 1. The molecule has 1 aliphatic heterocycles. The average Bonchev–Trinajstić information content (AvgIpc) is 2.39. The Morgan fingerprint density at radius 1 is 1.35 bits per heavy atom. The van der Waals surface area contributed by atoms with Gasteiger partial charge in [0.25, 0.3) is 0 Å². The van der Waals surface area contributed by atoms with E-state index in [1.54, 1.807) is 14.2 Å². The van der Waals surface area contributed by atoms with Crippen LogP contribution in [0.25, 0.3) is 0 Å². The van der Waals surface area contributed by atoms with Crippen LogP contribution < -0.4 is 15.4 Å². The molecule has 0 saturated carbocycles. The summed E-state index contributed by atoms with van der Waals surface area (Å²) in [5.74, 6) is 0.738. The largest absolute Gasteiger partial charge is 0.495 e. The van der Waals surface area contributed by atoms with Crippen molar-refractivity contribution in [2.75, 3.05) is 37.9 Å². The minimum absolute atomic E-state index is 0.300. The van der Waals surface area contributed by atoms with E-state index in [4.69, 9.17) is 15.2 Å². The first-order valence-corrected chi connectivity index (χ1v) is 5.96. The van der Waals surface area contributed by atoms with Gasteiger partial charge in [0.15, 0.2) is 0 Å². The van der Waals surface area contributed by atoms with Gasteiger partial charge in [0.05, 0.1) is 24.6 Å². The Hall–Kier alpha value is -1.42. The Morgan fingerprint density at radius 2 is 2.18 bits per heavy atom. The lowest BCUT2D eigenvalue weighted by molar-refractivity contribution is 0.0893. The number of rotatable bonds is 3. The number of hydrogen-bond acceptors (Lipinski definition) is 4. The van der Waals surface area contributed by atoms with Gasteiger partial charge in [-0.2, -0.15) is 0 Å². The molecule has 1 atom stereocenters. The molecule has 2 rings (SSSR count). The van der Waals surface area contributed by atoms with Crippen LogP contribution in [0.4, 0.5) is 11.4 Å². The summed E-state index contributed by atoms with van der Waals surface area (Å²) in [7, 11) is 3.41. The van der Waals surface area contributed by atoms with Crippen LogP contribution in [-0.4, -0.2) is 33.4 Å². The molecule has 4 heteroatoms. The zero-order chi connectivity index (χ0) is 12.3. The van der Waals surface area contributed by atoms with Crippen LogP contribution in [0.5, 0.6) is 5.75 Å². The fourth-order valence-corrected chi connectivity index (χ4v) is 2.34. The van der Waals surface area contributed by atoms with E-state index < -0.39 is 0 Å². The second-order valence-corrected chi connectivity index (χ2v) is 4.34. The van der Waals surface area contributed by atoms with Gasteiger partial charge >= 0.3 is 0 Å². The fourth-order valence-electron chi connectivity index (χ4n) is 2.34. The number of piperidine rings is 1. The molecule has 1 heterocycles. The van der Waals surface area contributed by atoms with Gasteiger partial charge < -0.3 is 20.1 Å². The minimum atomic E-state index is 0.300. The van der Waals surface area contributed by atoms with E-state index in [1.807, 2.05) is 18.2 Å². The molecule has 94 valence electrons. The van der Waals surface area contributed by atoms with Crippen molar-refractivity contribution in [1.82, 2.24) is 0 Å². The van der Waals surface area contributed by atoms with Gasteiger partial charge in [-0.05, 0) is 25.0 Å². The third kappa shape index (κ3) is 2.47. The number of nitrogen functional groups attached to an aromatic ring is 1. The Bertz CT molecular complexity index is 382. The van der Waals surface area contributed by atoms with E-state index in [1.165, 1.54) is 0 Å². The summed E-state index contributed by atoms with van der Waals surface area (Å²) in [5, 5.41) is 0. The van der Waals surface area contributed by atoms with Gasteiger partial charge in [0, 0.05) is 20.2 Å². The van der Waals surface area contributed by atoms with Crippen LogP contribution in [0.3, 0.4) is 0 Å². The van der Waals surface area contributed by atoms with Crippen LogP contribution in [0.1, 0.15) is 12.8 Å². The average molecular weight is 236 g/mol. The fraction of sp³-hybridized carbons (Fsp3) is 0.538. The molecule has 0 aromatic heterocycles. The van der Waals surface area contributed by atoms with Crippen molar-refractivity contribution >= 4 is 11.4 Å². The zero-order valence-electron chi connectivity index (χ0n) is 10.5. The normalized spacial score (nSPS) is 20.4. The minimum Gasteiger partial charge on any atom is -0.495 e. The predicted molar refractivity (Wildman–Crippen MR) is 69.7 cm³/mol. The van der Waals surface area contributed by atoms with Gasteiger partial charge in [0.1, 0.15) is 5.75 Å². The molecule has 0 bridgehead atoms. The highest BCUT2D eigenvalue weighted by molar-refractivity contribution is 5.74. The molecular formula is C13H20N2O2. The van der Waals surface area contributed by atoms with E-state index in [2.05, 4.69) is 4.90 Å². The van der Waals surface area contributed by atoms with Crippen molar-refractivity contribution in [1.29, 1.82) is 0 Å². The van der Waals surface area contributed by atoms with E-state index in [0.29, 0.717) is 11.8 Å². The Kier molecular flexibility index (Phi) is 3.74. The number of hydrogen-bond donors (Lipinski definition) is 1. The van der Waals surface area contributed by atoms with Crippen molar-refractivity contribution in [2.24, 2.45) is 0 Å². The Balaban J connectivity index is 2.21. The monoisotopic (exact) mass is 236 g/mol. The molecule has 2 N–H and O–H groups in total. The highest BCUT2D eigenvalue weighted by atomic mass is 16.5. The lowest BCUT2D eigenvalue weighted by Gasteiger charge is -2.34. The topological polar surface area (TPSA) is 47.7 Å². The summed E-state index contributed by atoms with van der Waals surface area (Å²) in [6, 6.07) is 5.90. The van der Waals surface area contributed by atoms with Crippen molar-refractivity contribution in [2.45, 2.75) is 18.9 Å². The number of methoxy groups -OCH3 is 2. The maximum atomic E-state index is 6.10. The van der Waals surface area contributed by atoms with Crippen molar-refractivity contribution in [3.05, 3.63) is 18.2 Å². The maximum absolute atomic E-state index is 6.10. The molecule has 0 aliphatic carbocycles. The first kappa shape index (κ1) is 12.0. The predicted octanol–water partition coefficient (Wildman–Crippen LogP) is 1.89. The first-order valence-electron chi connectivity index (χ1n) is 5.96. The lowest BCUT2D eigenvalue weighted by Crippen LogP contribution is -2.39. The quantitative estimate of drug-likeness (QED) is 0.814. The number of anilines is 2. The van der Waals surface area contributed by atoms with Crippen LogP contribution in [0.2, 0.25) is 0 Å². The molecular weight excluding hydrogens is 216 g/mol. The van der Waals surface area contributed by atoms with Crippen LogP contribution in [0, 0.1) is 0 Å². The Morgan fingerprint density at radius 3 is 2.88 bits per heavy atom. The smallest absolute Gasteiger partial charge is 0.143 e. The SMILES string of the molecule is COc1cccc(N2CCCC(OC)C2)c1N. The molecule has 1 fully saturated rings. The van der Waals surface area contributed by atoms with Crippen molar-refractivity contribution in [3.63, 3.8) is 0 Å². The third-order valence-corrected chi connectivity index (χ3v) is 3.32. The van der Waals surface area contributed by atoms with Crippen LogP contribution in [0.15, 0.2) is 18.2 Å². The molecule has 17 heavy (non-hydrogen) atoms. The summed E-state index contributed by atoms with van der Waals surface area (Å²) in [5.41, 5.74) is 7.87. The number of nitrogens with two attached hydrogens (primary N) is 1. The number of ether oxygens (including phenoxy) is 2. The number of nitrogens with zero attached hydrogens (tertiary/aromatic N) is 1. The number of benzene rings is 1. The summed E-state index contributed by atoms with van der Waals surface area (Å²) < 4.78 is 10.7. The summed E-state index contributed by atoms with van der Waals surface area (Å²) in [6.45, 7) is 1.92. The molecule has 1 aliphatic rings. The second-order valence-electron chi connectivity index (χ2n) is 4.34. The maximum Gasteiger partial charge on any atom is 0.143 e. The van der Waals surface area contributed by atoms with E-state index in [0.717, 1.165) is 37.4 Å². The molecule has 0 spiro atoms. The molecule has 1 aromatic rings. The van der Waals surface area contributed by atoms with Gasteiger partial charge in [-0.1, -0.05) is 6.07 Å². The third-order valence-electron chi connectivity index (χ3n) is 3.32. The van der Waals surface area contributed by atoms with Crippen LogP contribution in [-0.2, 0) is 4.74 Å². The molecule has 1 aromatic carbocycles. The van der Waals surface area contributed by atoms with E-state index >= 15 is 0 Å². The van der Waals surface area contributed by atoms with Gasteiger partial charge in [-0.25, -0.2) is 0 Å². The van der Waals surface area contributed by atoms with Gasteiger partial charge in [-0.15, -0.1) is 0 Å². The second kappa shape index (κ2) is 5.27. The van der Waals surface area contributed by atoms with Crippen molar-refractivity contribution in [3.8, 4) is 5.75 Å². The highest BCUT2D eigenvalue weighted by Crippen LogP contribution is 2.33. The standard InChI is InChI=1S/C13H20N2O2/c1-16-10-5-4-8-15(9-10)11-6-3-7-12(17-2)13(11)14/h3,6-7,10H,4-5,8-9,14H2,1-2H3. The summed E-state index contributed by atoms with van der Waals surface area (Å²) in [6.07, 6.45) is 2.56.